The second kappa shape index (κ2) is 9.04. The van der Waals surface area contributed by atoms with E-state index in [1.807, 2.05) is 0 Å². The highest BCUT2D eigenvalue weighted by molar-refractivity contribution is 14.0. The van der Waals surface area contributed by atoms with Crippen LogP contribution in [0.25, 0.3) is 0 Å². The van der Waals surface area contributed by atoms with Crippen molar-refractivity contribution in [1.29, 1.82) is 0 Å². The van der Waals surface area contributed by atoms with E-state index in [2.05, 4.69) is 53.3 Å². The van der Waals surface area contributed by atoms with Crippen LogP contribution in [-0.4, -0.2) is 30.0 Å². The van der Waals surface area contributed by atoms with E-state index in [1.165, 1.54) is 43.5 Å². The monoisotopic (exact) mass is 442 g/mol. The molecule has 0 spiro atoms. The normalized spacial score (nSPS) is 25.2. The van der Waals surface area contributed by atoms with Gasteiger partial charge in [-0.25, -0.2) is 4.99 Å². The minimum atomic E-state index is 0. The summed E-state index contributed by atoms with van der Waals surface area (Å²) in [6, 6.07) is 9.40. The third kappa shape index (κ3) is 6.24. The number of halogens is 1. The topological polar surface area (TPSA) is 53.6 Å². The molecule has 1 aromatic rings. The first-order chi connectivity index (χ1) is 11.1. The fourth-order valence-corrected chi connectivity index (χ4v) is 3.59. The number of nitrogens with two attached hydrogens (primary N) is 1. The highest BCUT2D eigenvalue weighted by Gasteiger charge is 2.22. The lowest BCUT2D eigenvalue weighted by Gasteiger charge is -2.35. The quantitative estimate of drug-likeness (QED) is 0.418. The first kappa shape index (κ1) is 19.5. The van der Waals surface area contributed by atoms with Gasteiger partial charge in [0.05, 0.1) is 6.54 Å². The van der Waals surface area contributed by atoms with Crippen LogP contribution in [0.2, 0.25) is 0 Å². The Labute approximate surface area is 163 Å². The zero-order chi connectivity index (χ0) is 16.2. The molecule has 5 heteroatoms. The van der Waals surface area contributed by atoms with Crippen LogP contribution >= 0.6 is 24.0 Å². The third-order valence-electron chi connectivity index (χ3n) is 4.73. The average molecular weight is 442 g/mol. The van der Waals surface area contributed by atoms with Gasteiger partial charge in [-0.2, -0.15) is 0 Å². The predicted molar refractivity (Wildman–Crippen MR) is 112 cm³/mol. The predicted octanol–water partition coefficient (Wildman–Crippen LogP) is 3.35. The SMILES string of the molecule is CC1CC(C)CN(Cc2ccc(CN=C(N)NC3CC3)cc2)C1.I. The molecule has 3 rings (SSSR count). The van der Waals surface area contributed by atoms with E-state index in [0.717, 1.165) is 18.4 Å². The summed E-state index contributed by atoms with van der Waals surface area (Å²) in [5.41, 5.74) is 8.48. The van der Waals surface area contributed by atoms with Crippen LogP contribution in [0.15, 0.2) is 29.3 Å². The smallest absolute Gasteiger partial charge is 0.189 e. The standard InChI is InChI=1S/C19H30N4.HI/c1-14-9-15(2)12-23(11-14)13-17-5-3-16(4-6-17)10-21-19(20)22-18-7-8-18;/h3-6,14-15,18H,7-13H2,1-2H3,(H3,20,21,22);1H. The molecular weight excluding hydrogens is 411 g/mol. The van der Waals surface area contributed by atoms with Crippen molar-refractivity contribution in [3.05, 3.63) is 35.4 Å². The summed E-state index contributed by atoms with van der Waals surface area (Å²) in [4.78, 5) is 7.00. The molecule has 1 aliphatic heterocycles. The van der Waals surface area contributed by atoms with E-state index in [-0.39, 0.29) is 24.0 Å². The van der Waals surface area contributed by atoms with Crippen LogP contribution < -0.4 is 11.1 Å². The molecule has 0 bridgehead atoms. The van der Waals surface area contributed by atoms with Crippen molar-refractivity contribution in [2.75, 3.05) is 13.1 Å². The van der Waals surface area contributed by atoms with Gasteiger partial charge in [0.1, 0.15) is 0 Å². The van der Waals surface area contributed by atoms with Crippen molar-refractivity contribution in [2.45, 2.75) is 52.2 Å². The molecule has 1 aromatic carbocycles. The number of nitrogens with one attached hydrogen (secondary N) is 1. The molecule has 2 atom stereocenters. The van der Waals surface area contributed by atoms with Crippen LogP contribution in [0.1, 0.15) is 44.2 Å². The maximum absolute atomic E-state index is 5.87. The van der Waals surface area contributed by atoms with Gasteiger partial charge in [0, 0.05) is 25.7 Å². The minimum Gasteiger partial charge on any atom is -0.370 e. The van der Waals surface area contributed by atoms with Gasteiger partial charge in [0.2, 0.25) is 0 Å². The molecule has 1 saturated heterocycles. The Morgan fingerprint density at radius 3 is 2.29 bits per heavy atom. The van der Waals surface area contributed by atoms with E-state index in [9.17, 15) is 0 Å². The van der Waals surface area contributed by atoms with Gasteiger partial charge >= 0.3 is 0 Å². The van der Waals surface area contributed by atoms with Crippen LogP contribution in [0.5, 0.6) is 0 Å². The number of piperidine rings is 1. The Morgan fingerprint density at radius 1 is 1.12 bits per heavy atom. The molecule has 4 nitrogen and oxygen atoms in total. The van der Waals surface area contributed by atoms with Crippen molar-refractivity contribution in [3.8, 4) is 0 Å². The second-order valence-electron chi connectivity index (χ2n) is 7.58. The van der Waals surface area contributed by atoms with Gasteiger partial charge in [-0.1, -0.05) is 38.1 Å². The van der Waals surface area contributed by atoms with Crippen molar-refractivity contribution in [2.24, 2.45) is 22.6 Å². The number of benzene rings is 1. The Kier molecular flexibility index (Phi) is 7.34. The van der Waals surface area contributed by atoms with E-state index in [4.69, 9.17) is 5.73 Å². The summed E-state index contributed by atoms with van der Waals surface area (Å²) in [5, 5.41) is 3.22. The summed E-state index contributed by atoms with van der Waals surface area (Å²) in [6.07, 6.45) is 3.81. The molecule has 0 aromatic heterocycles. The van der Waals surface area contributed by atoms with Crippen molar-refractivity contribution < 1.29 is 0 Å². The molecular formula is C19H31IN4. The lowest BCUT2D eigenvalue weighted by atomic mass is 9.91. The Morgan fingerprint density at radius 2 is 1.71 bits per heavy atom. The molecule has 0 radical (unpaired) electrons. The van der Waals surface area contributed by atoms with Gasteiger partial charge in [0.25, 0.3) is 0 Å². The summed E-state index contributed by atoms with van der Waals surface area (Å²) >= 11 is 0. The minimum absolute atomic E-state index is 0. The van der Waals surface area contributed by atoms with Gasteiger partial charge in [0.15, 0.2) is 5.96 Å². The van der Waals surface area contributed by atoms with Gasteiger partial charge in [-0.15, -0.1) is 24.0 Å². The van der Waals surface area contributed by atoms with Crippen molar-refractivity contribution in [1.82, 2.24) is 10.2 Å². The Hall–Kier alpha value is -0.820. The first-order valence-corrected chi connectivity index (χ1v) is 8.95. The van der Waals surface area contributed by atoms with Gasteiger partial charge < -0.3 is 11.1 Å². The fraction of sp³-hybridized carbons (Fsp3) is 0.632. The first-order valence-electron chi connectivity index (χ1n) is 8.95. The van der Waals surface area contributed by atoms with Gasteiger partial charge in [-0.05, 0) is 42.2 Å². The van der Waals surface area contributed by atoms with E-state index in [1.54, 1.807) is 0 Å². The number of likely N-dealkylation sites (tertiary alicyclic amines) is 1. The second-order valence-corrected chi connectivity index (χ2v) is 7.58. The fourth-order valence-electron chi connectivity index (χ4n) is 3.59. The number of hydrogen-bond donors (Lipinski definition) is 2. The number of nitrogens with zero attached hydrogens (tertiary/aromatic N) is 2. The highest BCUT2D eigenvalue weighted by atomic mass is 127. The third-order valence-corrected chi connectivity index (χ3v) is 4.73. The number of hydrogen-bond acceptors (Lipinski definition) is 2. The van der Waals surface area contributed by atoms with E-state index < -0.39 is 0 Å². The summed E-state index contributed by atoms with van der Waals surface area (Å²) in [5.74, 6) is 2.21. The largest absolute Gasteiger partial charge is 0.370 e. The molecule has 2 fully saturated rings. The van der Waals surface area contributed by atoms with Crippen LogP contribution in [0.3, 0.4) is 0 Å². The molecule has 3 N–H and O–H groups in total. The van der Waals surface area contributed by atoms with Crippen LogP contribution in [-0.2, 0) is 13.1 Å². The molecule has 1 heterocycles. The Balaban J connectivity index is 0.00000208. The van der Waals surface area contributed by atoms with E-state index in [0.29, 0.717) is 18.5 Å². The van der Waals surface area contributed by atoms with Crippen LogP contribution in [0.4, 0.5) is 0 Å². The lowest BCUT2D eigenvalue weighted by Crippen LogP contribution is -2.38. The van der Waals surface area contributed by atoms with Crippen molar-refractivity contribution >= 4 is 29.9 Å². The summed E-state index contributed by atoms with van der Waals surface area (Å²) < 4.78 is 0. The molecule has 24 heavy (non-hydrogen) atoms. The maximum Gasteiger partial charge on any atom is 0.189 e. The lowest BCUT2D eigenvalue weighted by molar-refractivity contribution is 0.134. The number of rotatable bonds is 5. The Bertz CT molecular complexity index is 529. The zero-order valence-corrected chi connectivity index (χ0v) is 17.2. The molecule has 2 aliphatic rings. The van der Waals surface area contributed by atoms with Gasteiger partial charge in [-0.3, -0.25) is 4.90 Å². The molecule has 2 unspecified atom stereocenters. The highest BCUT2D eigenvalue weighted by Crippen LogP contribution is 2.22. The molecule has 1 saturated carbocycles. The summed E-state index contributed by atoms with van der Waals surface area (Å²) in [6.45, 7) is 8.89. The van der Waals surface area contributed by atoms with E-state index >= 15 is 0 Å². The average Bonchev–Trinajstić information content (AvgIpc) is 3.29. The van der Waals surface area contributed by atoms with Crippen LogP contribution in [0, 0.1) is 11.8 Å². The maximum atomic E-state index is 5.87. The molecule has 134 valence electrons. The molecule has 0 amide bonds. The number of aliphatic imine (C=N–C) groups is 1. The van der Waals surface area contributed by atoms with Crippen molar-refractivity contribution in [3.63, 3.8) is 0 Å². The zero-order valence-electron chi connectivity index (χ0n) is 14.9. The molecule has 1 aliphatic carbocycles. The summed E-state index contributed by atoms with van der Waals surface area (Å²) in [7, 11) is 0. The number of guanidine groups is 1.